The normalized spacial score (nSPS) is 20.6. The van der Waals surface area contributed by atoms with Crippen molar-refractivity contribution < 1.29 is 9.47 Å². The van der Waals surface area contributed by atoms with E-state index in [1.165, 1.54) is 5.56 Å². The summed E-state index contributed by atoms with van der Waals surface area (Å²) in [6.07, 6.45) is 7.03. The maximum absolute atomic E-state index is 5.74. The predicted octanol–water partition coefficient (Wildman–Crippen LogP) is 3.33. The number of rotatable bonds is 6. The Bertz CT molecular complexity index is 345. The van der Waals surface area contributed by atoms with Crippen molar-refractivity contribution >= 4 is 0 Å². The highest BCUT2D eigenvalue weighted by Crippen LogP contribution is 2.13. The molecule has 1 aromatic rings. The first-order valence-electron chi connectivity index (χ1n) is 6.28. The quantitative estimate of drug-likeness (QED) is 0.700. The SMILES string of the molecule is CC(COC1C=CCC1)OCc1ccccc1. The molecule has 1 aliphatic rings. The first kappa shape index (κ1) is 12.3. The van der Waals surface area contributed by atoms with Gasteiger partial charge in [0.25, 0.3) is 0 Å². The van der Waals surface area contributed by atoms with Crippen molar-refractivity contribution in [3.63, 3.8) is 0 Å². The molecule has 2 rings (SSSR count). The molecule has 0 aromatic heterocycles. The van der Waals surface area contributed by atoms with Crippen LogP contribution in [0.25, 0.3) is 0 Å². The first-order chi connectivity index (χ1) is 8.34. The van der Waals surface area contributed by atoms with Crippen LogP contribution >= 0.6 is 0 Å². The summed E-state index contributed by atoms with van der Waals surface area (Å²) in [5.41, 5.74) is 1.21. The zero-order valence-electron chi connectivity index (χ0n) is 10.3. The van der Waals surface area contributed by atoms with Crippen LogP contribution in [0.1, 0.15) is 25.3 Å². The topological polar surface area (TPSA) is 18.5 Å². The lowest BCUT2D eigenvalue weighted by molar-refractivity contribution is -0.0303. The summed E-state index contributed by atoms with van der Waals surface area (Å²) in [5, 5.41) is 0. The molecule has 0 fully saturated rings. The van der Waals surface area contributed by atoms with Crippen LogP contribution in [0.2, 0.25) is 0 Å². The summed E-state index contributed by atoms with van der Waals surface area (Å²) in [5.74, 6) is 0. The maximum atomic E-state index is 5.74. The Labute approximate surface area is 103 Å². The molecule has 1 aromatic carbocycles. The zero-order chi connectivity index (χ0) is 11.9. The van der Waals surface area contributed by atoms with Gasteiger partial charge in [0.05, 0.1) is 25.4 Å². The highest BCUT2D eigenvalue weighted by molar-refractivity contribution is 5.13. The summed E-state index contributed by atoms with van der Waals surface area (Å²) in [7, 11) is 0. The van der Waals surface area contributed by atoms with Crippen LogP contribution in [0.3, 0.4) is 0 Å². The van der Waals surface area contributed by atoms with Gasteiger partial charge in [0.15, 0.2) is 0 Å². The Morgan fingerprint density at radius 2 is 2.12 bits per heavy atom. The lowest BCUT2D eigenvalue weighted by atomic mass is 10.2. The van der Waals surface area contributed by atoms with E-state index in [2.05, 4.69) is 31.2 Å². The summed E-state index contributed by atoms with van der Waals surface area (Å²) >= 11 is 0. The molecule has 92 valence electrons. The molecule has 2 nitrogen and oxygen atoms in total. The van der Waals surface area contributed by atoms with Crippen LogP contribution in [0.4, 0.5) is 0 Å². The van der Waals surface area contributed by atoms with E-state index in [1.807, 2.05) is 18.2 Å². The maximum Gasteiger partial charge on any atom is 0.0785 e. The minimum atomic E-state index is 0.143. The third kappa shape index (κ3) is 4.33. The molecule has 0 amide bonds. The summed E-state index contributed by atoms with van der Waals surface area (Å²) in [6, 6.07) is 10.2. The van der Waals surface area contributed by atoms with E-state index in [9.17, 15) is 0 Å². The molecule has 1 aliphatic carbocycles. The average Bonchev–Trinajstić information content (AvgIpc) is 2.88. The van der Waals surface area contributed by atoms with Crippen molar-refractivity contribution in [3.8, 4) is 0 Å². The van der Waals surface area contributed by atoms with Gasteiger partial charge in [0.2, 0.25) is 0 Å². The molecule has 0 heterocycles. The average molecular weight is 232 g/mol. The molecule has 0 bridgehead atoms. The second-order valence-corrected chi connectivity index (χ2v) is 4.48. The van der Waals surface area contributed by atoms with E-state index >= 15 is 0 Å². The third-order valence-electron chi connectivity index (χ3n) is 2.89. The lowest BCUT2D eigenvalue weighted by Gasteiger charge is -2.16. The molecule has 0 saturated carbocycles. The van der Waals surface area contributed by atoms with Crippen LogP contribution in [0.5, 0.6) is 0 Å². The number of hydrogen-bond acceptors (Lipinski definition) is 2. The molecule has 17 heavy (non-hydrogen) atoms. The van der Waals surface area contributed by atoms with Gasteiger partial charge in [-0.2, -0.15) is 0 Å². The van der Waals surface area contributed by atoms with Gasteiger partial charge in [0, 0.05) is 0 Å². The van der Waals surface area contributed by atoms with E-state index in [-0.39, 0.29) is 6.10 Å². The molecule has 0 N–H and O–H groups in total. The van der Waals surface area contributed by atoms with Crippen molar-refractivity contribution in [2.24, 2.45) is 0 Å². The van der Waals surface area contributed by atoms with E-state index in [0.29, 0.717) is 19.3 Å². The van der Waals surface area contributed by atoms with Crippen molar-refractivity contribution in [1.29, 1.82) is 0 Å². The summed E-state index contributed by atoms with van der Waals surface area (Å²) in [6.45, 7) is 3.38. The lowest BCUT2D eigenvalue weighted by Crippen LogP contribution is -2.19. The molecule has 0 radical (unpaired) electrons. The first-order valence-corrected chi connectivity index (χ1v) is 6.28. The Hall–Kier alpha value is -1.12. The van der Waals surface area contributed by atoms with Gasteiger partial charge in [0.1, 0.15) is 0 Å². The Balaban J connectivity index is 1.63. The molecule has 2 atom stereocenters. The molecule has 0 aliphatic heterocycles. The molecule has 0 saturated heterocycles. The van der Waals surface area contributed by atoms with E-state index < -0.39 is 0 Å². The molecule has 2 unspecified atom stereocenters. The smallest absolute Gasteiger partial charge is 0.0785 e. The van der Waals surface area contributed by atoms with E-state index in [0.717, 1.165) is 12.8 Å². The highest BCUT2D eigenvalue weighted by Gasteiger charge is 2.11. The van der Waals surface area contributed by atoms with Crippen LogP contribution < -0.4 is 0 Å². The van der Waals surface area contributed by atoms with Crippen molar-refractivity contribution in [3.05, 3.63) is 48.0 Å². The fraction of sp³-hybridized carbons (Fsp3) is 0.467. The third-order valence-corrected chi connectivity index (χ3v) is 2.89. The Kier molecular flexibility index (Phi) is 4.77. The largest absolute Gasteiger partial charge is 0.371 e. The van der Waals surface area contributed by atoms with Gasteiger partial charge < -0.3 is 9.47 Å². The highest BCUT2D eigenvalue weighted by atomic mass is 16.5. The van der Waals surface area contributed by atoms with Crippen molar-refractivity contribution in [1.82, 2.24) is 0 Å². The zero-order valence-corrected chi connectivity index (χ0v) is 10.3. The van der Waals surface area contributed by atoms with Crippen LogP contribution in [0, 0.1) is 0 Å². The molecular formula is C15H20O2. The van der Waals surface area contributed by atoms with Gasteiger partial charge in [-0.3, -0.25) is 0 Å². The molecular weight excluding hydrogens is 212 g/mol. The van der Waals surface area contributed by atoms with Crippen molar-refractivity contribution in [2.45, 2.75) is 38.6 Å². The monoisotopic (exact) mass is 232 g/mol. The fourth-order valence-corrected chi connectivity index (χ4v) is 1.86. The Morgan fingerprint density at radius 1 is 1.29 bits per heavy atom. The van der Waals surface area contributed by atoms with E-state index in [4.69, 9.17) is 9.47 Å². The van der Waals surface area contributed by atoms with Crippen LogP contribution in [-0.4, -0.2) is 18.8 Å². The number of benzene rings is 1. The van der Waals surface area contributed by atoms with Gasteiger partial charge in [-0.15, -0.1) is 0 Å². The minimum absolute atomic E-state index is 0.143. The summed E-state index contributed by atoms with van der Waals surface area (Å²) in [4.78, 5) is 0. The predicted molar refractivity (Wildman–Crippen MR) is 68.8 cm³/mol. The second kappa shape index (κ2) is 6.58. The molecule has 2 heteroatoms. The van der Waals surface area contributed by atoms with Crippen LogP contribution in [0.15, 0.2) is 42.5 Å². The fourth-order valence-electron chi connectivity index (χ4n) is 1.86. The van der Waals surface area contributed by atoms with Gasteiger partial charge in [-0.05, 0) is 25.3 Å². The van der Waals surface area contributed by atoms with Crippen molar-refractivity contribution in [2.75, 3.05) is 6.61 Å². The second-order valence-electron chi connectivity index (χ2n) is 4.48. The molecule has 0 spiro atoms. The standard InChI is InChI=1S/C15H20O2/c1-13(11-17-15-9-5-6-10-15)16-12-14-7-3-2-4-8-14/h2-5,7-9,13,15H,6,10-12H2,1H3. The number of ether oxygens (including phenoxy) is 2. The summed E-state index contributed by atoms with van der Waals surface area (Å²) < 4.78 is 11.5. The number of hydrogen-bond donors (Lipinski definition) is 0. The van der Waals surface area contributed by atoms with Crippen LogP contribution in [-0.2, 0) is 16.1 Å². The van der Waals surface area contributed by atoms with Gasteiger partial charge in [-0.1, -0.05) is 42.5 Å². The number of allylic oxidation sites excluding steroid dienone is 1. The Morgan fingerprint density at radius 3 is 2.82 bits per heavy atom. The van der Waals surface area contributed by atoms with Gasteiger partial charge >= 0.3 is 0 Å². The minimum Gasteiger partial charge on any atom is -0.371 e. The van der Waals surface area contributed by atoms with Gasteiger partial charge in [-0.25, -0.2) is 0 Å². The van der Waals surface area contributed by atoms with E-state index in [1.54, 1.807) is 0 Å².